The van der Waals surface area contributed by atoms with E-state index in [1.54, 1.807) is 0 Å². The predicted molar refractivity (Wildman–Crippen MR) is 75.1 cm³/mol. The van der Waals surface area contributed by atoms with Gasteiger partial charge in [0.05, 0.1) is 12.2 Å². The number of carbonyl (C=O) groups is 1. The van der Waals surface area contributed by atoms with E-state index in [-0.39, 0.29) is 11.5 Å². The van der Waals surface area contributed by atoms with Crippen molar-refractivity contribution in [3.8, 4) is 0 Å². The lowest BCUT2D eigenvalue weighted by Crippen LogP contribution is -2.50. The number of hydrogen-bond donors (Lipinski definition) is 2. The van der Waals surface area contributed by atoms with Gasteiger partial charge in [0.25, 0.3) is 0 Å². The largest absolute Gasteiger partial charge is 0.373 e. The molecule has 1 atom stereocenters. The summed E-state index contributed by atoms with van der Waals surface area (Å²) in [5, 5.41) is 6.37. The third-order valence-corrected chi connectivity index (χ3v) is 3.85. The lowest BCUT2D eigenvalue weighted by molar-refractivity contribution is -0.121. The van der Waals surface area contributed by atoms with Crippen molar-refractivity contribution in [3.05, 3.63) is 0 Å². The summed E-state index contributed by atoms with van der Waals surface area (Å²) in [5.41, 5.74) is -0.0595. The summed E-state index contributed by atoms with van der Waals surface area (Å²) in [5.74, 6) is 0.173. The van der Waals surface area contributed by atoms with Gasteiger partial charge in [0, 0.05) is 38.6 Å². The Labute approximate surface area is 116 Å². The SMILES string of the molecule is CC1(C)CN(CCNC(=O)CC2CCCN2)CCO1. The van der Waals surface area contributed by atoms with Crippen molar-refractivity contribution in [1.82, 2.24) is 15.5 Å². The Balaban J connectivity index is 1.59. The van der Waals surface area contributed by atoms with Crippen molar-refractivity contribution in [1.29, 1.82) is 0 Å². The first-order chi connectivity index (χ1) is 9.05. The summed E-state index contributed by atoms with van der Waals surface area (Å²) in [7, 11) is 0. The molecule has 0 bridgehead atoms. The number of hydrogen-bond acceptors (Lipinski definition) is 4. The topological polar surface area (TPSA) is 53.6 Å². The molecule has 0 aliphatic carbocycles. The molecule has 0 spiro atoms. The van der Waals surface area contributed by atoms with Crippen LogP contribution < -0.4 is 10.6 Å². The molecular weight excluding hydrogens is 242 g/mol. The minimum Gasteiger partial charge on any atom is -0.373 e. The van der Waals surface area contributed by atoms with Gasteiger partial charge in [-0.15, -0.1) is 0 Å². The van der Waals surface area contributed by atoms with Crippen LogP contribution in [-0.4, -0.2) is 61.8 Å². The molecule has 1 amide bonds. The molecule has 2 N–H and O–H groups in total. The number of carbonyl (C=O) groups excluding carboxylic acids is 1. The Kier molecular flexibility index (Phi) is 5.19. The molecule has 0 aromatic rings. The molecule has 0 aromatic heterocycles. The molecule has 0 aromatic carbocycles. The smallest absolute Gasteiger partial charge is 0.221 e. The van der Waals surface area contributed by atoms with E-state index in [0.29, 0.717) is 12.5 Å². The normalized spacial score (nSPS) is 27.4. The van der Waals surface area contributed by atoms with Crippen LogP contribution in [0.1, 0.15) is 33.1 Å². The van der Waals surface area contributed by atoms with Crippen LogP contribution in [0, 0.1) is 0 Å². The summed E-state index contributed by atoms with van der Waals surface area (Å²) in [6.45, 7) is 9.62. The Morgan fingerprint density at radius 1 is 1.53 bits per heavy atom. The fourth-order valence-electron chi connectivity index (χ4n) is 2.89. The molecule has 2 aliphatic rings. The lowest BCUT2D eigenvalue weighted by atomic mass is 10.1. The molecular formula is C14H27N3O2. The van der Waals surface area contributed by atoms with Crippen molar-refractivity contribution in [3.63, 3.8) is 0 Å². The highest BCUT2D eigenvalue weighted by molar-refractivity contribution is 5.76. The minimum absolute atomic E-state index is 0.0595. The van der Waals surface area contributed by atoms with Gasteiger partial charge in [-0.3, -0.25) is 9.69 Å². The van der Waals surface area contributed by atoms with Crippen LogP contribution >= 0.6 is 0 Å². The molecule has 0 saturated carbocycles. The molecule has 1 unspecified atom stereocenters. The fourth-order valence-corrected chi connectivity index (χ4v) is 2.89. The second-order valence-corrected chi connectivity index (χ2v) is 6.23. The van der Waals surface area contributed by atoms with Crippen LogP contribution in [0.5, 0.6) is 0 Å². The van der Waals surface area contributed by atoms with Crippen LogP contribution in [-0.2, 0) is 9.53 Å². The summed E-state index contributed by atoms with van der Waals surface area (Å²) in [6.07, 6.45) is 2.94. The average molecular weight is 269 g/mol. The zero-order valence-corrected chi connectivity index (χ0v) is 12.2. The molecule has 110 valence electrons. The molecule has 19 heavy (non-hydrogen) atoms. The third-order valence-electron chi connectivity index (χ3n) is 3.85. The fraction of sp³-hybridized carbons (Fsp3) is 0.929. The first-order valence-electron chi connectivity index (χ1n) is 7.41. The number of nitrogens with one attached hydrogen (secondary N) is 2. The minimum atomic E-state index is -0.0595. The van der Waals surface area contributed by atoms with E-state index < -0.39 is 0 Å². The molecule has 5 nitrogen and oxygen atoms in total. The van der Waals surface area contributed by atoms with E-state index >= 15 is 0 Å². The van der Waals surface area contributed by atoms with Gasteiger partial charge in [-0.1, -0.05) is 0 Å². The second kappa shape index (κ2) is 6.68. The Bertz CT molecular complexity index is 301. The van der Waals surface area contributed by atoms with E-state index in [0.717, 1.165) is 45.8 Å². The lowest BCUT2D eigenvalue weighted by Gasteiger charge is -2.38. The molecule has 5 heteroatoms. The van der Waals surface area contributed by atoms with E-state index in [1.807, 2.05) is 0 Å². The molecule has 2 rings (SSSR count). The Morgan fingerprint density at radius 2 is 2.37 bits per heavy atom. The van der Waals surface area contributed by atoms with Gasteiger partial charge in [-0.05, 0) is 33.2 Å². The summed E-state index contributed by atoms with van der Waals surface area (Å²) in [6, 6.07) is 0.391. The van der Waals surface area contributed by atoms with Crippen molar-refractivity contribution in [2.24, 2.45) is 0 Å². The maximum atomic E-state index is 11.8. The van der Waals surface area contributed by atoms with Gasteiger partial charge in [-0.25, -0.2) is 0 Å². The highest BCUT2D eigenvalue weighted by Crippen LogP contribution is 2.15. The first kappa shape index (κ1) is 14.8. The van der Waals surface area contributed by atoms with Crippen molar-refractivity contribution in [2.75, 3.05) is 39.3 Å². The van der Waals surface area contributed by atoms with Crippen LogP contribution in [0.2, 0.25) is 0 Å². The molecule has 2 heterocycles. The Morgan fingerprint density at radius 3 is 3.05 bits per heavy atom. The third kappa shape index (κ3) is 5.09. The maximum absolute atomic E-state index is 11.8. The van der Waals surface area contributed by atoms with Crippen molar-refractivity contribution in [2.45, 2.75) is 44.8 Å². The quantitative estimate of drug-likeness (QED) is 0.756. The maximum Gasteiger partial charge on any atom is 0.221 e. The summed E-state index contributed by atoms with van der Waals surface area (Å²) < 4.78 is 5.67. The highest BCUT2D eigenvalue weighted by atomic mass is 16.5. The molecule has 2 fully saturated rings. The molecule has 0 radical (unpaired) electrons. The van der Waals surface area contributed by atoms with Gasteiger partial charge < -0.3 is 15.4 Å². The standard InChI is InChI=1S/C14H27N3O2/c1-14(2)11-17(8-9-19-14)7-6-16-13(18)10-12-4-3-5-15-12/h12,15H,3-11H2,1-2H3,(H,16,18). The number of morpholine rings is 1. The highest BCUT2D eigenvalue weighted by Gasteiger charge is 2.26. The van der Waals surface area contributed by atoms with Crippen LogP contribution in [0.15, 0.2) is 0 Å². The number of ether oxygens (including phenoxy) is 1. The van der Waals surface area contributed by atoms with E-state index in [2.05, 4.69) is 29.4 Å². The van der Waals surface area contributed by atoms with Gasteiger partial charge in [-0.2, -0.15) is 0 Å². The second-order valence-electron chi connectivity index (χ2n) is 6.23. The molecule has 2 aliphatic heterocycles. The number of rotatable bonds is 5. The van der Waals surface area contributed by atoms with Crippen LogP contribution in [0.4, 0.5) is 0 Å². The van der Waals surface area contributed by atoms with Crippen LogP contribution in [0.3, 0.4) is 0 Å². The monoisotopic (exact) mass is 269 g/mol. The number of nitrogens with zero attached hydrogens (tertiary/aromatic N) is 1. The van der Waals surface area contributed by atoms with Gasteiger partial charge >= 0.3 is 0 Å². The molecule has 2 saturated heterocycles. The average Bonchev–Trinajstić information content (AvgIpc) is 2.80. The van der Waals surface area contributed by atoms with E-state index in [4.69, 9.17) is 4.74 Å². The first-order valence-corrected chi connectivity index (χ1v) is 7.41. The van der Waals surface area contributed by atoms with Gasteiger partial charge in [0.1, 0.15) is 0 Å². The predicted octanol–water partition coefficient (Wildman–Crippen LogP) is 0.356. The summed E-state index contributed by atoms with van der Waals surface area (Å²) >= 11 is 0. The zero-order valence-electron chi connectivity index (χ0n) is 12.2. The number of amides is 1. The van der Waals surface area contributed by atoms with Gasteiger partial charge in [0.15, 0.2) is 0 Å². The van der Waals surface area contributed by atoms with Crippen molar-refractivity contribution < 1.29 is 9.53 Å². The van der Waals surface area contributed by atoms with Crippen LogP contribution in [0.25, 0.3) is 0 Å². The zero-order chi connectivity index (χ0) is 13.7. The van der Waals surface area contributed by atoms with Gasteiger partial charge in [0.2, 0.25) is 5.91 Å². The van der Waals surface area contributed by atoms with E-state index in [9.17, 15) is 4.79 Å². The summed E-state index contributed by atoms with van der Waals surface area (Å²) in [4.78, 5) is 14.1. The van der Waals surface area contributed by atoms with E-state index in [1.165, 1.54) is 6.42 Å². The van der Waals surface area contributed by atoms with Crippen molar-refractivity contribution >= 4 is 5.91 Å². The Hall–Kier alpha value is -0.650.